The fourth-order valence-electron chi connectivity index (χ4n) is 2.47. The molecule has 1 heterocycles. The number of ether oxygens (including phenoxy) is 1. The number of alkyl carbamates (subject to hydrolysis) is 1. The Labute approximate surface area is 139 Å². The molecule has 0 bridgehead atoms. The van der Waals surface area contributed by atoms with Crippen LogP contribution >= 0.6 is 15.9 Å². The van der Waals surface area contributed by atoms with E-state index in [2.05, 4.69) is 26.1 Å². The van der Waals surface area contributed by atoms with Gasteiger partial charge in [-0.25, -0.2) is 9.18 Å². The fraction of sp³-hybridized carbons (Fsp3) is 0.562. The Hall–Kier alpha value is -1.14. The average molecular weight is 373 g/mol. The molecule has 1 N–H and O–H groups in total. The molecule has 6 heteroatoms. The zero-order valence-electron chi connectivity index (χ0n) is 13.2. The number of nitrogens with zero attached hydrogens (tertiary/aromatic N) is 1. The molecule has 1 fully saturated rings. The van der Waals surface area contributed by atoms with Crippen LogP contribution in [0.3, 0.4) is 0 Å². The van der Waals surface area contributed by atoms with E-state index in [9.17, 15) is 9.18 Å². The molecule has 0 radical (unpaired) electrons. The van der Waals surface area contributed by atoms with Gasteiger partial charge in [-0.1, -0.05) is 15.9 Å². The van der Waals surface area contributed by atoms with Crippen LogP contribution < -0.4 is 5.32 Å². The van der Waals surface area contributed by atoms with Crippen LogP contribution in [0.4, 0.5) is 9.18 Å². The summed E-state index contributed by atoms with van der Waals surface area (Å²) in [5.41, 5.74) is 0.423. The highest BCUT2D eigenvalue weighted by molar-refractivity contribution is 9.10. The molecule has 1 aliphatic rings. The van der Waals surface area contributed by atoms with Gasteiger partial charge in [0.15, 0.2) is 0 Å². The highest BCUT2D eigenvalue weighted by atomic mass is 79.9. The molecular formula is C16H22BrFN2O2. The van der Waals surface area contributed by atoms with E-state index < -0.39 is 5.60 Å². The standard InChI is InChI=1S/C16H22BrFN2O2/c1-16(2,3)22-15(21)19-13-6-7-20(10-13)9-11-8-12(18)4-5-14(11)17/h4-5,8,13H,6-7,9-10H2,1-3H3,(H,19,21). The number of hydrogen-bond donors (Lipinski definition) is 1. The maximum absolute atomic E-state index is 13.3. The Morgan fingerprint density at radius 2 is 2.23 bits per heavy atom. The SMILES string of the molecule is CC(C)(C)OC(=O)NC1CCN(Cc2cc(F)ccc2Br)C1. The van der Waals surface area contributed by atoms with Crippen molar-refractivity contribution in [1.29, 1.82) is 0 Å². The fourth-order valence-corrected chi connectivity index (χ4v) is 2.85. The molecule has 2 rings (SSSR count). The van der Waals surface area contributed by atoms with Crippen molar-refractivity contribution in [3.63, 3.8) is 0 Å². The summed E-state index contributed by atoms with van der Waals surface area (Å²) in [6.45, 7) is 7.79. The van der Waals surface area contributed by atoms with Gasteiger partial charge in [-0.3, -0.25) is 4.90 Å². The molecule has 4 nitrogen and oxygen atoms in total. The van der Waals surface area contributed by atoms with Gasteiger partial charge in [0.2, 0.25) is 0 Å². The second-order valence-electron chi connectivity index (χ2n) is 6.60. The first-order valence-electron chi connectivity index (χ1n) is 7.39. The van der Waals surface area contributed by atoms with Crippen molar-refractivity contribution in [2.45, 2.75) is 45.4 Å². The lowest BCUT2D eigenvalue weighted by atomic mass is 10.2. The molecule has 0 saturated carbocycles. The van der Waals surface area contributed by atoms with Crippen LogP contribution in [0, 0.1) is 5.82 Å². The molecule has 1 aliphatic heterocycles. The van der Waals surface area contributed by atoms with Crippen LogP contribution in [0.2, 0.25) is 0 Å². The third-order valence-corrected chi connectivity index (χ3v) is 4.17. The molecule has 122 valence electrons. The third kappa shape index (κ3) is 5.25. The predicted octanol–water partition coefficient (Wildman–Crippen LogP) is 3.69. The lowest BCUT2D eigenvalue weighted by Crippen LogP contribution is -2.40. The predicted molar refractivity (Wildman–Crippen MR) is 87.2 cm³/mol. The lowest BCUT2D eigenvalue weighted by Gasteiger charge is -2.22. The minimum Gasteiger partial charge on any atom is -0.444 e. The molecule has 0 aromatic heterocycles. The first-order valence-corrected chi connectivity index (χ1v) is 8.18. The van der Waals surface area contributed by atoms with Gasteiger partial charge >= 0.3 is 6.09 Å². The van der Waals surface area contributed by atoms with Gasteiger partial charge in [-0.2, -0.15) is 0 Å². The first kappa shape index (κ1) is 17.2. The van der Waals surface area contributed by atoms with E-state index in [1.54, 1.807) is 12.1 Å². The summed E-state index contributed by atoms with van der Waals surface area (Å²) in [4.78, 5) is 14.0. The summed E-state index contributed by atoms with van der Waals surface area (Å²) in [7, 11) is 0. The summed E-state index contributed by atoms with van der Waals surface area (Å²) in [5, 5.41) is 2.89. The summed E-state index contributed by atoms with van der Waals surface area (Å²) >= 11 is 3.44. The number of amides is 1. The van der Waals surface area contributed by atoms with E-state index in [4.69, 9.17) is 4.74 Å². The van der Waals surface area contributed by atoms with Crippen molar-refractivity contribution in [1.82, 2.24) is 10.2 Å². The van der Waals surface area contributed by atoms with Crippen molar-refractivity contribution in [3.05, 3.63) is 34.1 Å². The van der Waals surface area contributed by atoms with E-state index >= 15 is 0 Å². The molecule has 1 unspecified atom stereocenters. The zero-order valence-corrected chi connectivity index (χ0v) is 14.7. The summed E-state index contributed by atoms with van der Waals surface area (Å²) in [5.74, 6) is -0.235. The number of carbonyl (C=O) groups excluding carboxylic acids is 1. The summed E-state index contributed by atoms with van der Waals surface area (Å²) in [6.07, 6.45) is 0.484. The van der Waals surface area contributed by atoms with Crippen molar-refractivity contribution < 1.29 is 13.9 Å². The van der Waals surface area contributed by atoms with Gasteiger partial charge < -0.3 is 10.1 Å². The Bertz CT molecular complexity index is 545. The third-order valence-electron chi connectivity index (χ3n) is 3.39. The second-order valence-corrected chi connectivity index (χ2v) is 7.46. The maximum atomic E-state index is 13.3. The quantitative estimate of drug-likeness (QED) is 0.879. The number of likely N-dealkylation sites (tertiary alicyclic amines) is 1. The Morgan fingerprint density at radius 3 is 2.91 bits per heavy atom. The molecule has 0 aliphatic carbocycles. The monoisotopic (exact) mass is 372 g/mol. The van der Waals surface area contributed by atoms with Crippen molar-refractivity contribution in [2.24, 2.45) is 0 Å². The van der Waals surface area contributed by atoms with E-state index in [1.165, 1.54) is 6.07 Å². The van der Waals surface area contributed by atoms with Crippen LogP contribution in [-0.4, -0.2) is 35.7 Å². The number of benzene rings is 1. The van der Waals surface area contributed by atoms with Crippen LogP contribution in [-0.2, 0) is 11.3 Å². The highest BCUT2D eigenvalue weighted by Crippen LogP contribution is 2.22. The van der Waals surface area contributed by atoms with Crippen LogP contribution in [0.5, 0.6) is 0 Å². The smallest absolute Gasteiger partial charge is 0.407 e. The van der Waals surface area contributed by atoms with Crippen LogP contribution in [0.1, 0.15) is 32.8 Å². The van der Waals surface area contributed by atoms with Gasteiger partial charge in [0, 0.05) is 30.1 Å². The zero-order chi connectivity index (χ0) is 16.3. The Balaban J connectivity index is 1.85. The molecular weight excluding hydrogens is 351 g/mol. The average Bonchev–Trinajstić information content (AvgIpc) is 2.78. The summed E-state index contributed by atoms with van der Waals surface area (Å²) < 4.78 is 19.5. The summed E-state index contributed by atoms with van der Waals surface area (Å²) in [6, 6.07) is 4.77. The van der Waals surface area contributed by atoms with Gasteiger partial charge in [-0.15, -0.1) is 0 Å². The van der Waals surface area contributed by atoms with E-state index in [0.29, 0.717) is 6.54 Å². The van der Waals surface area contributed by atoms with Gasteiger partial charge in [-0.05, 0) is 51.0 Å². The highest BCUT2D eigenvalue weighted by Gasteiger charge is 2.26. The van der Waals surface area contributed by atoms with E-state index in [0.717, 1.165) is 29.5 Å². The Kier molecular flexibility index (Phi) is 5.45. The molecule has 1 amide bonds. The maximum Gasteiger partial charge on any atom is 0.407 e. The van der Waals surface area contributed by atoms with Gasteiger partial charge in [0.25, 0.3) is 0 Å². The number of nitrogens with one attached hydrogen (secondary N) is 1. The largest absolute Gasteiger partial charge is 0.444 e. The Morgan fingerprint density at radius 1 is 1.50 bits per heavy atom. The van der Waals surface area contributed by atoms with Crippen molar-refractivity contribution in [3.8, 4) is 0 Å². The van der Waals surface area contributed by atoms with Crippen LogP contribution in [0.25, 0.3) is 0 Å². The molecule has 0 spiro atoms. The first-order chi connectivity index (χ1) is 10.2. The van der Waals surface area contributed by atoms with Crippen LogP contribution in [0.15, 0.2) is 22.7 Å². The second kappa shape index (κ2) is 6.96. The topological polar surface area (TPSA) is 41.6 Å². The molecule has 1 aromatic rings. The van der Waals surface area contributed by atoms with E-state index in [1.807, 2.05) is 20.8 Å². The lowest BCUT2D eigenvalue weighted by molar-refractivity contribution is 0.0506. The number of rotatable bonds is 3. The number of hydrogen-bond acceptors (Lipinski definition) is 3. The number of carbonyl (C=O) groups is 1. The molecule has 1 aromatic carbocycles. The molecule has 1 saturated heterocycles. The van der Waals surface area contributed by atoms with Gasteiger partial charge in [0.1, 0.15) is 11.4 Å². The van der Waals surface area contributed by atoms with E-state index in [-0.39, 0.29) is 18.0 Å². The molecule has 1 atom stereocenters. The minimum absolute atomic E-state index is 0.0715. The van der Waals surface area contributed by atoms with Crippen molar-refractivity contribution >= 4 is 22.0 Å². The minimum atomic E-state index is -0.491. The number of halogens is 2. The normalized spacial score (nSPS) is 19.2. The van der Waals surface area contributed by atoms with Crippen molar-refractivity contribution in [2.75, 3.05) is 13.1 Å². The molecule has 22 heavy (non-hydrogen) atoms. The van der Waals surface area contributed by atoms with Gasteiger partial charge in [0.05, 0.1) is 0 Å².